The van der Waals surface area contributed by atoms with Crippen molar-refractivity contribution in [1.82, 2.24) is 10.6 Å². The van der Waals surface area contributed by atoms with Crippen molar-refractivity contribution in [1.29, 1.82) is 0 Å². The standard InChI is InChI=1S/C12H17FN2O/c1-9(14-7-8-15-10(2)16)11-3-5-12(13)6-4-11/h3-6,9,14H,7-8H2,1-2H3,(H,15,16)/t9-/m0/s1. The highest BCUT2D eigenvalue weighted by molar-refractivity contribution is 5.72. The highest BCUT2D eigenvalue weighted by atomic mass is 19.1. The Labute approximate surface area is 95.0 Å². The van der Waals surface area contributed by atoms with Gasteiger partial charge in [-0.1, -0.05) is 12.1 Å². The highest BCUT2D eigenvalue weighted by Crippen LogP contribution is 2.11. The maximum Gasteiger partial charge on any atom is 0.216 e. The van der Waals surface area contributed by atoms with Crippen LogP contribution in [0, 0.1) is 5.82 Å². The third-order valence-electron chi connectivity index (χ3n) is 2.32. The Morgan fingerprint density at radius 1 is 1.31 bits per heavy atom. The predicted molar refractivity (Wildman–Crippen MR) is 61.5 cm³/mol. The van der Waals surface area contributed by atoms with E-state index in [2.05, 4.69) is 10.6 Å². The van der Waals surface area contributed by atoms with Gasteiger partial charge in [0.15, 0.2) is 0 Å². The first-order chi connectivity index (χ1) is 7.59. The Kier molecular flexibility index (Phi) is 4.92. The Morgan fingerprint density at radius 2 is 1.94 bits per heavy atom. The fraction of sp³-hybridized carbons (Fsp3) is 0.417. The summed E-state index contributed by atoms with van der Waals surface area (Å²) in [5.41, 5.74) is 1.03. The van der Waals surface area contributed by atoms with Crippen LogP contribution < -0.4 is 10.6 Å². The number of carbonyl (C=O) groups is 1. The molecule has 0 saturated carbocycles. The lowest BCUT2D eigenvalue weighted by atomic mass is 10.1. The van der Waals surface area contributed by atoms with E-state index in [1.165, 1.54) is 19.1 Å². The number of halogens is 1. The van der Waals surface area contributed by atoms with Gasteiger partial charge in [-0.3, -0.25) is 4.79 Å². The zero-order valence-electron chi connectivity index (χ0n) is 9.59. The van der Waals surface area contributed by atoms with E-state index in [-0.39, 0.29) is 17.8 Å². The minimum absolute atomic E-state index is 0.0313. The van der Waals surface area contributed by atoms with Gasteiger partial charge in [0, 0.05) is 26.1 Å². The number of rotatable bonds is 5. The molecule has 1 atom stereocenters. The fourth-order valence-electron chi connectivity index (χ4n) is 1.40. The zero-order valence-corrected chi connectivity index (χ0v) is 9.59. The van der Waals surface area contributed by atoms with Gasteiger partial charge in [-0.2, -0.15) is 0 Å². The molecule has 1 aromatic rings. The second kappa shape index (κ2) is 6.23. The molecular formula is C12H17FN2O. The Bertz CT molecular complexity index is 337. The summed E-state index contributed by atoms with van der Waals surface area (Å²) in [7, 11) is 0. The topological polar surface area (TPSA) is 41.1 Å². The Hall–Kier alpha value is -1.42. The number of carbonyl (C=O) groups excluding carboxylic acids is 1. The first-order valence-electron chi connectivity index (χ1n) is 5.33. The average Bonchev–Trinajstić information content (AvgIpc) is 2.25. The van der Waals surface area contributed by atoms with Crippen molar-refractivity contribution < 1.29 is 9.18 Å². The zero-order chi connectivity index (χ0) is 12.0. The molecule has 0 aliphatic rings. The van der Waals surface area contributed by atoms with Gasteiger partial charge in [0.25, 0.3) is 0 Å². The van der Waals surface area contributed by atoms with Crippen LogP contribution in [0.5, 0.6) is 0 Å². The van der Waals surface area contributed by atoms with Crippen molar-refractivity contribution in [2.45, 2.75) is 19.9 Å². The lowest BCUT2D eigenvalue weighted by Gasteiger charge is -2.14. The second-order valence-corrected chi connectivity index (χ2v) is 3.71. The van der Waals surface area contributed by atoms with E-state index in [1.807, 2.05) is 6.92 Å². The van der Waals surface area contributed by atoms with Crippen molar-refractivity contribution >= 4 is 5.91 Å². The summed E-state index contributed by atoms with van der Waals surface area (Å²) >= 11 is 0. The molecule has 0 fully saturated rings. The number of hydrogen-bond acceptors (Lipinski definition) is 2. The smallest absolute Gasteiger partial charge is 0.216 e. The van der Waals surface area contributed by atoms with E-state index >= 15 is 0 Å². The van der Waals surface area contributed by atoms with E-state index in [9.17, 15) is 9.18 Å². The number of amides is 1. The van der Waals surface area contributed by atoms with Gasteiger partial charge in [-0.25, -0.2) is 4.39 Å². The van der Waals surface area contributed by atoms with Crippen molar-refractivity contribution in [3.8, 4) is 0 Å². The molecule has 4 heteroatoms. The van der Waals surface area contributed by atoms with Crippen LogP contribution in [-0.4, -0.2) is 19.0 Å². The minimum Gasteiger partial charge on any atom is -0.355 e. The van der Waals surface area contributed by atoms with Crippen molar-refractivity contribution in [2.24, 2.45) is 0 Å². The number of hydrogen-bond donors (Lipinski definition) is 2. The number of benzene rings is 1. The van der Waals surface area contributed by atoms with Crippen LogP contribution in [0.3, 0.4) is 0 Å². The SMILES string of the molecule is CC(=O)NCCN[C@@H](C)c1ccc(F)cc1. The van der Waals surface area contributed by atoms with Gasteiger partial charge >= 0.3 is 0 Å². The second-order valence-electron chi connectivity index (χ2n) is 3.71. The quantitative estimate of drug-likeness (QED) is 0.746. The van der Waals surface area contributed by atoms with Gasteiger partial charge in [0.1, 0.15) is 5.82 Å². The Morgan fingerprint density at radius 3 is 2.50 bits per heavy atom. The first-order valence-corrected chi connectivity index (χ1v) is 5.33. The van der Waals surface area contributed by atoms with Gasteiger partial charge in [0.2, 0.25) is 5.91 Å². The summed E-state index contributed by atoms with van der Waals surface area (Å²) in [5, 5.41) is 5.94. The molecule has 0 unspecified atom stereocenters. The molecule has 0 saturated heterocycles. The summed E-state index contributed by atoms with van der Waals surface area (Å²) < 4.78 is 12.7. The summed E-state index contributed by atoms with van der Waals surface area (Å²) in [6, 6.07) is 6.55. The first kappa shape index (κ1) is 12.6. The average molecular weight is 224 g/mol. The molecule has 0 radical (unpaired) electrons. The summed E-state index contributed by atoms with van der Waals surface area (Å²) in [5.74, 6) is -0.259. The molecule has 1 aromatic carbocycles. The molecule has 1 amide bonds. The molecule has 0 aliphatic heterocycles. The molecule has 0 aromatic heterocycles. The fourth-order valence-corrected chi connectivity index (χ4v) is 1.40. The van der Waals surface area contributed by atoms with E-state index in [0.29, 0.717) is 13.1 Å². The van der Waals surface area contributed by atoms with Crippen LogP contribution in [0.2, 0.25) is 0 Å². The van der Waals surface area contributed by atoms with Crippen molar-refractivity contribution in [3.05, 3.63) is 35.6 Å². The maximum absolute atomic E-state index is 12.7. The van der Waals surface area contributed by atoms with E-state index in [1.54, 1.807) is 12.1 Å². The summed E-state index contributed by atoms with van der Waals surface area (Å²) in [6.45, 7) is 4.78. The van der Waals surface area contributed by atoms with E-state index in [4.69, 9.17) is 0 Å². The molecular weight excluding hydrogens is 207 g/mol. The molecule has 16 heavy (non-hydrogen) atoms. The molecule has 0 spiro atoms. The van der Waals surface area contributed by atoms with Gasteiger partial charge in [0.05, 0.1) is 0 Å². The summed E-state index contributed by atoms with van der Waals surface area (Å²) in [4.78, 5) is 10.6. The monoisotopic (exact) mass is 224 g/mol. The van der Waals surface area contributed by atoms with Crippen LogP contribution in [0.15, 0.2) is 24.3 Å². The molecule has 0 aliphatic carbocycles. The Balaban J connectivity index is 2.32. The van der Waals surface area contributed by atoms with Crippen molar-refractivity contribution in [3.63, 3.8) is 0 Å². The van der Waals surface area contributed by atoms with Crippen LogP contribution in [0.1, 0.15) is 25.5 Å². The van der Waals surface area contributed by atoms with E-state index < -0.39 is 0 Å². The number of nitrogens with one attached hydrogen (secondary N) is 2. The molecule has 1 rings (SSSR count). The van der Waals surface area contributed by atoms with Gasteiger partial charge in [-0.15, -0.1) is 0 Å². The van der Waals surface area contributed by atoms with Crippen LogP contribution >= 0.6 is 0 Å². The van der Waals surface area contributed by atoms with Crippen LogP contribution in [0.4, 0.5) is 4.39 Å². The molecule has 88 valence electrons. The molecule has 0 bridgehead atoms. The third kappa shape index (κ3) is 4.40. The van der Waals surface area contributed by atoms with Gasteiger partial charge in [-0.05, 0) is 24.6 Å². The largest absolute Gasteiger partial charge is 0.355 e. The summed E-state index contributed by atoms with van der Waals surface area (Å²) in [6.07, 6.45) is 0. The molecule has 0 heterocycles. The third-order valence-corrected chi connectivity index (χ3v) is 2.32. The maximum atomic E-state index is 12.7. The highest BCUT2D eigenvalue weighted by Gasteiger charge is 2.03. The molecule has 2 N–H and O–H groups in total. The minimum atomic E-state index is -0.228. The lowest BCUT2D eigenvalue weighted by Crippen LogP contribution is -2.31. The van der Waals surface area contributed by atoms with E-state index in [0.717, 1.165) is 5.56 Å². The van der Waals surface area contributed by atoms with Crippen LogP contribution in [0.25, 0.3) is 0 Å². The molecule has 3 nitrogen and oxygen atoms in total. The predicted octanol–water partition coefficient (Wildman–Crippen LogP) is 1.61. The van der Waals surface area contributed by atoms with Gasteiger partial charge < -0.3 is 10.6 Å². The van der Waals surface area contributed by atoms with Crippen LogP contribution in [-0.2, 0) is 4.79 Å². The normalized spacial score (nSPS) is 12.2. The van der Waals surface area contributed by atoms with Crippen molar-refractivity contribution in [2.75, 3.05) is 13.1 Å². The lowest BCUT2D eigenvalue weighted by molar-refractivity contribution is -0.118.